The van der Waals surface area contributed by atoms with Crippen molar-refractivity contribution in [3.05, 3.63) is 40.5 Å². The van der Waals surface area contributed by atoms with Crippen LogP contribution < -0.4 is 10.1 Å². The lowest BCUT2D eigenvalue weighted by atomic mass is 10.2. The Kier molecular flexibility index (Phi) is 4.77. The Morgan fingerprint density at radius 3 is 2.81 bits per heavy atom. The van der Waals surface area contributed by atoms with Crippen molar-refractivity contribution >= 4 is 40.0 Å². The molecule has 0 aliphatic carbocycles. The van der Waals surface area contributed by atoms with E-state index in [0.29, 0.717) is 16.5 Å². The minimum absolute atomic E-state index is 0.00825. The van der Waals surface area contributed by atoms with E-state index in [2.05, 4.69) is 9.69 Å². The molecule has 1 amide bonds. The molecule has 0 aliphatic heterocycles. The molecule has 1 aromatic carbocycles. The number of aromatic carboxylic acids is 1. The van der Waals surface area contributed by atoms with Gasteiger partial charge in [-0.25, -0.2) is 4.79 Å². The van der Waals surface area contributed by atoms with Gasteiger partial charge in [0.2, 0.25) is 0 Å². The first kappa shape index (κ1) is 15.3. The Morgan fingerprint density at radius 1 is 1.43 bits per heavy atom. The highest BCUT2D eigenvalue weighted by Crippen LogP contribution is 2.25. The number of nitrogens with zero attached hydrogens (tertiary/aromatic N) is 1. The van der Waals surface area contributed by atoms with Crippen molar-refractivity contribution in [2.75, 3.05) is 11.9 Å². The largest absolute Gasteiger partial charge is 0.482 e. The van der Waals surface area contributed by atoms with Gasteiger partial charge in [0.25, 0.3) is 5.91 Å². The Balaban J connectivity index is 2.00. The maximum Gasteiger partial charge on any atom is 0.340 e. The number of aryl methyl sites for hydroxylation is 1. The summed E-state index contributed by atoms with van der Waals surface area (Å²) in [6.07, 6.45) is 0. The fourth-order valence-corrected chi connectivity index (χ4v) is 2.57. The Hall–Kier alpha value is -2.12. The number of carbonyl (C=O) groups excluding carboxylic acids is 1. The van der Waals surface area contributed by atoms with E-state index < -0.39 is 11.9 Å². The third kappa shape index (κ3) is 3.71. The van der Waals surface area contributed by atoms with Crippen molar-refractivity contribution in [2.24, 2.45) is 0 Å². The van der Waals surface area contributed by atoms with Crippen molar-refractivity contribution in [3.8, 4) is 5.75 Å². The van der Waals surface area contributed by atoms with Gasteiger partial charge in [-0.15, -0.1) is 0 Å². The summed E-state index contributed by atoms with van der Waals surface area (Å²) < 4.78 is 9.18. The molecular formula is C13H11ClN2O4S. The normalized spacial score (nSPS) is 10.2. The average Bonchev–Trinajstić information content (AvgIpc) is 2.79. The lowest BCUT2D eigenvalue weighted by Gasteiger charge is -2.07. The third-order valence-electron chi connectivity index (χ3n) is 2.52. The van der Waals surface area contributed by atoms with Crippen LogP contribution in [0, 0.1) is 6.92 Å². The predicted octanol–water partition coefficient (Wildman–Crippen LogP) is 2.82. The number of rotatable bonds is 5. The fourth-order valence-electron chi connectivity index (χ4n) is 1.57. The molecule has 0 radical (unpaired) electrons. The first-order valence-corrected chi connectivity index (χ1v) is 7.01. The summed E-state index contributed by atoms with van der Waals surface area (Å²) in [6.45, 7) is 1.29. The number of para-hydroxylation sites is 1. The molecule has 0 bridgehead atoms. The van der Waals surface area contributed by atoms with Crippen molar-refractivity contribution in [1.82, 2.24) is 4.37 Å². The van der Waals surface area contributed by atoms with Gasteiger partial charge >= 0.3 is 5.97 Å². The minimum Gasteiger partial charge on any atom is -0.482 e. The number of halogens is 1. The molecule has 8 heteroatoms. The van der Waals surface area contributed by atoms with Gasteiger partial charge in [0.05, 0.1) is 10.7 Å². The zero-order valence-electron chi connectivity index (χ0n) is 10.9. The van der Waals surface area contributed by atoms with Gasteiger partial charge in [0.15, 0.2) is 6.61 Å². The minimum atomic E-state index is -1.14. The van der Waals surface area contributed by atoms with Crippen LogP contribution in [0.4, 0.5) is 5.00 Å². The van der Waals surface area contributed by atoms with Crippen molar-refractivity contribution in [2.45, 2.75) is 6.92 Å². The summed E-state index contributed by atoms with van der Waals surface area (Å²) in [5, 5.41) is 12.1. The lowest BCUT2D eigenvalue weighted by molar-refractivity contribution is -0.118. The van der Waals surface area contributed by atoms with Crippen LogP contribution in [0.5, 0.6) is 5.75 Å². The number of carbonyl (C=O) groups is 2. The van der Waals surface area contributed by atoms with E-state index in [0.717, 1.165) is 11.5 Å². The number of aromatic nitrogens is 1. The molecule has 0 saturated heterocycles. The SMILES string of the molecule is Cc1nsc(NC(=O)COc2ccccc2Cl)c1C(=O)O. The molecule has 1 heterocycles. The van der Waals surface area contributed by atoms with E-state index in [-0.39, 0.29) is 17.2 Å². The Morgan fingerprint density at radius 2 is 2.14 bits per heavy atom. The topological polar surface area (TPSA) is 88.5 Å². The standard InChI is InChI=1S/C13H11ClN2O4S/c1-7-11(13(18)19)12(21-16-7)15-10(17)6-20-9-5-3-2-4-8(9)14/h2-5H,6H2,1H3,(H,15,17)(H,18,19). The van der Waals surface area contributed by atoms with Crippen molar-refractivity contribution in [3.63, 3.8) is 0 Å². The number of carboxylic acids is 1. The Labute approximate surface area is 129 Å². The number of hydrogen-bond donors (Lipinski definition) is 2. The van der Waals surface area contributed by atoms with Crippen molar-refractivity contribution < 1.29 is 19.4 Å². The number of carboxylic acid groups (broad SMARTS) is 1. The third-order valence-corrected chi connectivity index (χ3v) is 3.69. The van der Waals surface area contributed by atoms with Crippen LogP contribution in [0.2, 0.25) is 5.02 Å². The molecule has 6 nitrogen and oxygen atoms in total. The number of benzene rings is 1. The highest BCUT2D eigenvalue weighted by atomic mass is 35.5. The van der Waals surface area contributed by atoms with E-state index >= 15 is 0 Å². The number of ether oxygens (including phenoxy) is 1. The quantitative estimate of drug-likeness (QED) is 0.882. The molecule has 1 aromatic heterocycles. The van der Waals surface area contributed by atoms with Crippen LogP contribution in [0.1, 0.15) is 16.1 Å². The second kappa shape index (κ2) is 6.55. The predicted molar refractivity (Wildman–Crippen MR) is 79.4 cm³/mol. The average molecular weight is 327 g/mol. The maximum atomic E-state index is 11.8. The number of anilines is 1. The molecule has 0 fully saturated rings. The first-order valence-electron chi connectivity index (χ1n) is 5.85. The molecule has 110 valence electrons. The molecule has 0 spiro atoms. The molecule has 0 saturated carbocycles. The lowest BCUT2D eigenvalue weighted by Crippen LogP contribution is -2.20. The van der Waals surface area contributed by atoms with Gasteiger partial charge in [-0.1, -0.05) is 23.7 Å². The van der Waals surface area contributed by atoms with E-state index in [1.165, 1.54) is 0 Å². The monoisotopic (exact) mass is 326 g/mol. The van der Waals surface area contributed by atoms with Crippen LogP contribution in [-0.4, -0.2) is 28.0 Å². The highest BCUT2D eigenvalue weighted by Gasteiger charge is 2.19. The van der Waals surface area contributed by atoms with Gasteiger partial charge in [0, 0.05) is 0 Å². The molecule has 2 aromatic rings. The second-order valence-electron chi connectivity index (χ2n) is 4.04. The van der Waals surface area contributed by atoms with E-state index in [1.54, 1.807) is 31.2 Å². The first-order chi connectivity index (χ1) is 9.99. The maximum absolute atomic E-state index is 11.8. The van der Waals surface area contributed by atoms with Crippen molar-refractivity contribution in [1.29, 1.82) is 0 Å². The highest BCUT2D eigenvalue weighted by molar-refractivity contribution is 7.11. The molecule has 0 unspecified atom stereocenters. The van der Waals surface area contributed by atoms with E-state index in [9.17, 15) is 9.59 Å². The summed E-state index contributed by atoms with van der Waals surface area (Å²) in [4.78, 5) is 22.9. The van der Waals surface area contributed by atoms with Crippen LogP contribution in [-0.2, 0) is 4.79 Å². The van der Waals surface area contributed by atoms with E-state index in [1.807, 2.05) is 0 Å². The number of nitrogens with one attached hydrogen (secondary N) is 1. The molecule has 0 atom stereocenters. The molecule has 0 aliphatic rings. The van der Waals surface area contributed by atoms with Gasteiger partial charge in [0.1, 0.15) is 16.3 Å². The zero-order valence-corrected chi connectivity index (χ0v) is 12.5. The van der Waals surface area contributed by atoms with Gasteiger partial charge in [-0.3, -0.25) is 4.79 Å². The fraction of sp³-hybridized carbons (Fsp3) is 0.154. The van der Waals surface area contributed by atoms with Crippen LogP contribution in [0.3, 0.4) is 0 Å². The van der Waals surface area contributed by atoms with Crippen LogP contribution >= 0.6 is 23.1 Å². The summed E-state index contributed by atoms with van der Waals surface area (Å²) in [7, 11) is 0. The second-order valence-corrected chi connectivity index (χ2v) is 5.23. The van der Waals surface area contributed by atoms with Crippen LogP contribution in [0.25, 0.3) is 0 Å². The molecular weight excluding hydrogens is 316 g/mol. The smallest absolute Gasteiger partial charge is 0.340 e. The number of amides is 1. The summed E-state index contributed by atoms with van der Waals surface area (Å²) >= 11 is 6.81. The molecule has 2 N–H and O–H groups in total. The zero-order chi connectivity index (χ0) is 15.4. The van der Waals surface area contributed by atoms with Crippen LogP contribution in [0.15, 0.2) is 24.3 Å². The Bertz CT molecular complexity index is 687. The van der Waals surface area contributed by atoms with Gasteiger partial charge in [-0.05, 0) is 30.6 Å². The van der Waals surface area contributed by atoms with E-state index in [4.69, 9.17) is 21.4 Å². The number of hydrogen-bond acceptors (Lipinski definition) is 5. The molecule has 21 heavy (non-hydrogen) atoms. The summed E-state index contributed by atoms with van der Waals surface area (Å²) in [5.41, 5.74) is 0.348. The summed E-state index contributed by atoms with van der Waals surface area (Å²) in [5.74, 6) is -1.24. The summed E-state index contributed by atoms with van der Waals surface area (Å²) in [6, 6.07) is 6.75. The van der Waals surface area contributed by atoms with Gasteiger partial charge in [-0.2, -0.15) is 4.37 Å². The van der Waals surface area contributed by atoms with Gasteiger partial charge < -0.3 is 15.2 Å². The molecule has 2 rings (SSSR count).